The highest BCUT2D eigenvalue weighted by Gasteiger charge is 2.39. The molecular formula is C15H16BrN5O4S. The number of hydrogen-bond acceptors (Lipinski definition) is 5. The Morgan fingerprint density at radius 1 is 1.42 bits per heavy atom. The van der Waals surface area contributed by atoms with Gasteiger partial charge in [0.2, 0.25) is 16.0 Å². The summed E-state index contributed by atoms with van der Waals surface area (Å²) < 4.78 is 28.1. The van der Waals surface area contributed by atoms with Crippen molar-refractivity contribution in [1.82, 2.24) is 9.29 Å². The molecule has 1 fully saturated rings. The predicted octanol–water partition coefficient (Wildman–Crippen LogP) is 1.48. The van der Waals surface area contributed by atoms with Gasteiger partial charge in [-0.2, -0.15) is 4.31 Å². The smallest absolute Gasteiger partial charge is 0.322 e. The third-order valence-corrected chi connectivity index (χ3v) is 6.90. The first-order valence-electron chi connectivity index (χ1n) is 7.66. The molecule has 0 unspecified atom stereocenters. The molecule has 9 nitrogen and oxygen atoms in total. The lowest BCUT2D eigenvalue weighted by atomic mass is 10.1. The summed E-state index contributed by atoms with van der Waals surface area (Å²) in [7, 11) is -3.94. The van der Waals surface area contributed by atoms with Gasteiger partial charge < -0.3 is 10.8 Å². The van der Waals surface area contributed by atoms with E-state index in [0.717, 1.165) is 4.31 Å². The quantitative estimate of drug-likeness (QED) is 0.370. The standard InChI is InChI=1S/C15H16BrN5O4S/c16-21(15(17)18)13-8-19-7-9-6-10(3-4-11(9)13)26(24,25)20-5-1-2-12(20)14(22)23/h3-4,6-8,12H,1-2,5H2,(H3,17,18)(H,22,23)/t12-/m1/s1. The number of sulfonamides is 1. The van der Waals surface area contributed by atoms with Gasteiger partial charge in [0.25, 0.3) is 0 Å². The summed E-state index contributed by atoms with van der Waals surface area (Å²) in [4.78, 5) is 15.4. The van der Waals surface area contributed by atoms with Crippen molar-refractivity contribution in [3.63, 3.8) is 0 Å². The van der Waals surface area contributed by atoms with Gasteiger partial charge in [0.1, 0.15) is 6.04 Å². The van der Waals surface area contributed by atoms with E-state index in [9.17, 15) is 18.3 Å². The van der Waals surface area contributed by atoms with Crippen LogP contribution in [0.5, 0.6) is 0 Å². The molecule has 1 aromatic heterocycles. The highest BCUT2D eigenvalue weighted by Crippen LogP contribution is 2.32. The Hall–Kier alpha value is -2.24. The topological polar surface area (TPSA) is 141 Å². The van der Waals surface area contributed by atoms with Crippen molar-refractivity contribution in [2.75, 3.05) is 10.5 Å². The second kappa shape index (κ2) is 6.82. The molecular weight excluding hydrogens is 426 g/mol. The molecule has 0 saturated carbocycles. The van der Waals surface area contributed by atoms with Crippen LogP contribution in [0.15, 0.2) is 35.5 Å². The summed E-state index contributed by atoms with van der Waals surface area (Å²) in [5.74, 6) is -1.40. The number of aromatic nitrogens is 1. The minimum Gasteiger partial charge on any atom is -0.480 e. The van der Waals surface area contributed by atoms with Gasteiger partial charge in [0.05, 0.1) is 32.9 Å². The first-order chi connectivity index (χ1) is 12.2. The van der Waals surface area contributed by atoms with E-state index in [1.165, 1.54) is 28.5 Å². The molecule has 138 valence electrons. The highest BCUT2D eigenvalue weighted by atomic mass is 79.9. The number of carbonyl (C=O) groups is 1. The van der Waals surface area contributed by atoms with Crippen molar-refractivity contribution in [3.05, 3.63) is 30.6 Å². The maximum absolute atomic E-state index is 12.9. The largest absolute Gasteiger partial charge is 0.480 e. The number of nitrogens with one attached hydrogen (secondary N) is 1. The van der Waals surface area contributed by atoms with Crippen molar-refractivity contribution in [2.24, 2.45) is 5.73 Å². The molecule has 1 aromatic carbocycles. The first kappa shape index (κ1) is 18.5. The third kappa shape index (κ3) is 3.13. The van der Waals surface area contributed by atoms with Crippen LogP contribution in [0.1, 0.15) is 12.8 Å². The van der Waals surface area contributed by atoms with Crippen LogP contribution in [0.3, 0.4) is 0 Å². The Labute approximate surface area is 158 Å². The molecule has 0 radical (unpaired) electrons. The first-order valence-corrected chi connectivity index (χ1v) is 9.81. The number of aliphatic carboxylic acids is 1. The van der Waals surface area contributed by atoms with E-state index >= 15 is 0 Å². The molecule has 1 aliphatic rings. The normalized spacial score (nSPS) is 18.1. The molecule has 0 aliphatic carbocycles. The van der Waals surface area contributed by atoms with E-state index in [0.29, 0.717) is 29.3 Å². The van der Waals surface area contributed by atoms with Crippen molar-refractivity contribution >= 4 is 54.6 Å². The molecule has 4 N–H and O–H groups in total. The van der Waals surface area contributed by atoms with E-state index < -0.39 is 22.0 Å². The Balaban J connectivity index is 2.07. The molecule has 0 bridgehead atoms. The van der Waals surface area contributed by atoms with Crippen LogP contribution < -0.4 is 9.66 Å². The highest BCUT2D eigenvalue weighted by molar-refractivity contribution is 9.10. The number of guanidine groups is 1. The number of carboxylic acid groups (broad SMARTS) is 1. The lowest BCUT2D eigenvalue weighted by Crippen LogP contribution is -2.40. The summed E-state index contributed by atoms with van der Waals surface area (Å²) in [5.41, 5.74) is 5.95. The number of benzene rings is 1. The zero-order valence-corrected chi connectivity index (χ0v) is 15.9. The zero-order chi connectivity index (χ0) is 19.1. The minimum atomic E-state index is -3.94. The van der Waals surface area contributed by atoms with Gasteiger partial charge in [-0.15, -0.1) is 0 Å². The fraction of sp³-hybridized carbons (Fsp3) is 0.267. The fourth-order valence-electron chi connectivity index (χ4n) is 3.00. The maximum Gasteiger partial charge on any atom is 0.322 e. The zero-order valence-electron chi connectivity index (χ0n) is 13.5. The summed E-state index contributed by atoms with van der Waals surface area (Å²) in [6, 6.07) is 3.40. The van der Waals surface area contributed by atoms with Crippen LogP contribution in [-0.2, 0) is 14.8 Å². The number of hydrogen-bond donors (Lipinski definition) is 3. The van der Waals surface area contributed by atoms with Crippen molar-refractivity contribution in [1.29, 1.82) is 5.41 Å². The number of nitrogens with two attached hydrogens (primary N) is 1. The van der Waals surface area contributed by atoms with Crippen LogP contribution in [0.2, 0.25) is 0 Å². The SMILES string of the molecule is N=C(N)N(Br)c1cncc2cc(S(=O)(=O)N3CCC[C@@H]3C(=O)O)ccc12. The molecule has 26 heavy (non-hydrogen) atoms. The van der Waals surface area contributed by atoms with Gasteiger partial charge in [0.15, 0.2) is 0 Å². The summed E-state index contributed by atoms with van der Waals surface area (Å²) in [6.45, 7) is 0.176. The Kier molecular flexibility index (Phi) is 4.86. The van der Waals surface area contributed by atoms with Crippen LogP contribution >= 0.6 is 16.1 Å². The monoisotopic (exact) mass is 441 g/mol. The number of rotatable bonds is 4. The van der Waals surface area contributed by atoms with Gasteiger partial charge in [-0.1, -0.05) is 6.07 Å². The molecule has 1 saturated heterocycles. The summed E-state index contributed by atoms with van der Waals surface area (Å²) >= 11 is 3.16. The van der Waals surface area contributed by atoms with Gasteiger partial charge in [-0.25, -0.2) is 12.3 Å². The summed E-state index contributed by atoms with van der Waals surface area (Å²) in [5, 5.41) is 17.9. The lowest BCUT2D eigenvalue weighted by Gasteiger charge is -2.21. The maximum atomic E-state index is 12.9. The second-order valence-corrected chi connectivity index (χ2v) is 8.42. The Bertz CT molecular complexity index is 997. The van der Waals surface area contributed by atoms with Crippen LogP contribution in [0.4, 0.5) is 5.69 Å². The number of carboxylic acids is 1. The molecule has 3 rings (SSSR count). The molecule has 1 aliphatic heterocycles. The van der Waals surface area contributed by atoms with Gasteiger partial charge in [-0.05, 0) is 25.0 Å². The van der Waals surface area contributed by atoms with Gasteiger partial charge in [-0.3, -0.25) is 15.2 Å². The number of anilines is 1. The van der Waals surface area contributed by atoms with E-state index in [-0.39, 0.29) is 17.4 Å². The lowest BCUT2D eigenvalue weighted by molar-refractivity contribution is -0.140. The van der Waals surface area contributed by atoms with Crippen LogP contribution in [0, 0.1) is 5.41 Å². The third-order valence-electron chi connectivity index (χ3n) is 4.23. The molecule has 1 atom stereocenters. The number of halogens is 1. The average Bonchev–Trinajstić information content (AvgIpc) is 3.11. The van der Waals surface area contributed by atoms with Crippen molar-refractivity contribution in [2.45, 2.75) is 23.8 Å². The number of fused-ring (bicyclic) bond motifs is 1. The van der Waals surface area contributed by atoms with Crippen LogP contribution in [-0.4, -0.2) is 47.3 Å². The average molecular weight is 442 g/mol. The van der Waals surface area contributed by atoms with E-state index in [4.69, 9.17) is 11.1 Å². The molecule has 2 heterocycles. The minimum absolute atomic E-state index is 0.000970. The van der Waals surface area contributed by atoms with Crippen LogP contribution in [0.25, 0.3) is 10.8 Å². The summed E-state index contributed by atoms with van der Waals surface area (Å²) in [6.07, 6.45) is 3.79. The molecule has 0 spiro atoms. The Morgan fingerprint density at radius 3 is 2.81 bits per heavy atom. The Morgan fingerprint density at radius 2 is 2.15 bits per heavy atom. The van der Waals surface area contributed by atoms with E-state index in [1.54, 1.807) is 6.07 Å². The van der Waals surface area contributed by atoms with E-state index in [2.05, 4.69) is 21.1 Å². The molecule has 2 aromatic rings. The fourth-order valence-corrected chi connectivity index (χ4v) is 4.96. The van der Waals surface area contributed by atoms with E-state index in [1.807, 2.05) is 0 Å². The van der Waals surface area contributed by atoms with Gasteiger partial charge in [0, 0.05) is 23.5 Å². The van der Waals surface area contributed by atoms with Crippen molar-refractivity contribution < 1.29 is 18.3 Å². The predicted molar refractivity (Wildman–Crippen MR) is 99.6 cm³/mol. The van der Waals surface area contributed by atoms with Gasteiger partial charge >= 0.3 is 5.97 Å². The second-order valence-electron chi connectivity index (χ2n) is 5.82. The number of pyridine rings is 1. The molecule has 11 heteroatoms. The van der Waals surface area contributed by atoms with Crippen molar-refractivity contribution in [3.8, 4) is 0 Å². The number of nitrogens with zero attached hydrogens (tertiary/aromatic N) is 3. The molecule has 0 amide bonds.